The first kappa shape index (κ1) is 22.8. The van der Waals surface area contributed by atoms with E-state index in [1.165, 1.54) is 21.3 Å². The lowest BCUT2D eigenvalue weighted by atomic mass is 9.97. The van der Waals surface area contributed by atoms with Crippen LogP contribution in [0.4, 0.5) is 0 Å². The topological polar surface area (TPSA) is 89.1 Å². The predicted molar refractivity (Wildman–Crippen MR) is 111 cm³/mol. The van der Waals surface area contributed by atoms with E-state index in [0.29, 0.717) is 41.3 Å². The van der Waals surface area contributed by atoms with Crippen molar-refractivity contribution in [1.29, 1.82) is 0 Å². The number of hydrogen-bond donors (Lipinski definition) is 2. The predicted octanol–water partition coefficient (Wildman–Crippen LogP) is 1.68. The Balaban J connectivity index is 1.86. The molecule has 2 rings (SSSR count). The molecule has 29 heavy (non-hydrogen) atoms. The molecule has 1 aromatic carbocycles. The van der Waals surface area contributed by atoms with E-state index in [4.69, 9.17) is 14.2 Å². The fraction of sp³-hybridized carbons (Fsp3) is 0.619. The van der Waals surface area contributed by atoms with Gasteiger partial charge in [0.05, 0.1) is 27.9 Å². The number of carbonyl (C=O) groups is 2. The van der Waals surface area contributed by atoms with Crippen molar-refractivity contribution in [3.05, 3.63) is 17.7 Å². The van der Waals surface area contributed by atoms with E-state index in [9.17, 15) is 9.59 Å². The van der Waals surface area contributed by atoms with Gasteiger partial charge >= 0.3 is 0 Å². The minimum Gasteiger partial charge on any atom is -0.493 e. The summed E-state index contributed by atoms with van der Waals surface area (Å²) in [6.45, 7) is 7.04. The molecule has 0 bridgehead atoms. The third-order valence-electron chi connectivity index (χ3n) is 5.21. The zero-order valence-electron chi connectivity index (χ0n) is 18.0. The lowest BCUT2D eigenvalue weighted by Gasteiger charge is -2.35. The second-order valence-corrected chi connectivity index (χ2v) is 7.50. The van der Waals surface area contributed by atoms with Gasteiger partial charge in [0.25, 0.3) is 5.91 Å². The summed E-state index contributed by atoms with van der Waals surface area (Å²) in [5.74, 6) is 1.03. The number of amides is 2. The third kappa shape index (κ3) is 6.25. The molecule has 1 atom stereocenters. The van der Waals surface area contributed by atoms with E-state index in [1.807, 2.05) is 0 Å². The number of hydrogen-bond acceptors (Lipinski definition) is 6. The van der Waals surface area contributed by atoms with Crippen LogP contribution in [0.15, 0.2) is 12.1 Å². The van der Waals surface area contributed by atoms with Gasteiger partial charge in [-0.05, 0) is 51.3 Å². The normalized spacial score (nSPS) is 17.0. The van der Waals surface area contributed by atoms with Gasteiger partial charge in [0.15, 0.2) is 11.5 Å². The van der Waals surface area contributed by atoms with Crippen LogP contribution < -0.4 is 24.8 Å². The first-order valence-corrected chi connectivity index (χ1v) is 9.98. The van der Waals surface area contributed by atoms with E-state index in [0.717, 1.165) is 25.9 Å². The van der Waals surface area contributed by atoms with Crippen LogP contribution in [0.3, 0.4) is 0 Å². The maximum atomic E-state index is 12.5. The standard InChI is InChI=1S/C21H33N3O5/c1-14(2)24-8-6-7-15(13-24)11-22-19(25)12-23-21(26)16-9-17(27-3)20(29-5)18(10-16)28-4/h9-10,14-15H,6-8,11-13H2,1-5H3,(H,22,25)(H,23,26). The molecule has 1 aliphatic heterocycles. The number of likely N-dealkylation sites (tertiary alicyclic amines) is 1. The maximum absolute atomic E-state index is 12.5. The van der Waals surface area contributed by atoms with Crippen LogP contribution in [0.25, 0.3) is 0 Å². The molecule has 1 aromatic rings. The fourth-order valence-corrected chi connectivity index (χ4v) is 3.53. The van der Waals surface area contributed by atoms with Gasteiger partial charge in [0.2, 0.25) is 11.7 Å². The van der Waals surface area contributed by atoms with Gasteiger partial charge < -0.3 is 29.7 Å². The molecule has 0 radical (unpaired) electrons. The van der Waals surface area contributed by atoms with Gasteiger partial charge in [-0.25, -0.2) is 0 Å². The van der Waals surface area contributed by atoms with Crippen LogP contribution in [0, 0.1) is 5.92 Å². The summed E-state index contributed by atoms with van der Waals surface area (Å²) in [5, 5.41) is 5.57. The third-order valence-corrected chi connectivity index (χ3v) is 5.21. The monoisotopic (exact) mass is 407 g/mol. The quantitative estimate of drug-likeness (QED) is 0.647. The zero-order valence-corrected chi connectivity index (χ0v) is 18.0. The molecular formula is C21H33N3O5. The Hall–Kier alpha value is -2.48. The lowest BCUT2D eigenvalue weighted by Crippen LogP contribution is -2.45. The van der Waals surface area contributed by atoms with Crippen LogP contribution in [-0.4, -0.2) is 70.3 Å². The highest BCUT2D eigenvalue weighted by molar-refractivity contribution is 5.97. The Morgan fingerprint density at radius 1 is 1.10 bits per heavy atom. The van der Waals surface area contributed by atoms with Crippen molar-refractivity contribution in [2.24, 2.45) is 5.92 Å². The van der Waals surface area contributed by atoms with E-state index in [-0.39, 0.29) is 18.4 Å². The summed E-state index contributed by atoms with van der Waals surface area (Å²) in [6, 6.07) is 3.63. The molecule has 0 aliphatic carbocycles. The first-order valence-electron chi connectivity index (χ1n) is 9.98. The minimum absolute atomic E-state index is 0.0872. The lowest BCUT2D eigenvalue weighted by molar-refractivity contribution is -0.120. The zero-order chi connectivity index (χ0) is 21.4. The number of carbonyl (C=O) groups excluding carboxylic acids is 2. The summed E-state index contributed by atoms with van der Waals surface area (Å²) in [4.78, 5) is 27.1. The molecule has 1 saturated heterocycles. The number of rotatable bonds is 9. The molecule has 8 heteroatoms. The van der Waals surface area contributed by atoms with Crippen LogP contribution in [-0.2, 0) is 4.79 Å². The molecule has 0 saturated carbocycles. The average molecular weight is 408 g/mol. The van der Waals surface area contributed by atoms with E-state index in [1.54, 1.807) is 12.1 Å². The van der Waals surface area contributed by atoms with Crippen molar-refractivity contribution < 1.29 is 23.8 Å². The number of methoxy groups -OCH3 is 3. The Labute approximate surface area is 172 Å². The SMILES string of the molecule is COc1cc(C(=O)NCC(=O)NCC2CCCN(C(C)C)C2)cc(OC)c1OC. The van der Waals surface area contributed by atoms with Crippen LogP contribution in [0.5, 0.6) is 17.2 Å². The average Bonchev–Trinajstić information content (AvgIpc) is 2.74. The second-order valence-electron chi connectivity index (χ2n) is 7.50. The van der Waals surface area contributed by atoms with Crippen molar-refractivity contribution in [3.8, 4) is 17.2 Å². The van der Waals surface area contributed by atoms with Crippen LogP contribution >= 0.6 is 0 Å². The summed E-state index contributed by atoms with van der Waals surface area (Å²) < 4.78 is 15.8. The van der Waals surface area contributed by atoms with Crippen molar-refractivity contribution in [1.82, 2.24) is 15.5 Å². The van der Waals surface area contributed by atoms with Crippen molar-refractivity contribution >= 4 is 11.8 Å². The Bertz CT molecular complexity index is 683. The minimum atomic E-state index is -0.386. The summed E-state index contributed by atoms with van der Waals surface area (Å²) in [7, 11) is 4.47. The highest BCUT2D eigenvalue weighted by atomic mass is 16.5. The fourth-order valence-electron chi connectivity index (χ4n) is 3.53. The number of benzene rings is 1. The molecule has 1 fully saturated rings. The van der Waals surface area contributed by atoms with Crippen molar-refractivity contribution in [2.75, 3.05) is 47.5 Å². The Morgan fingerprint density at radius 2 is 1.76 bits per heavy atom. The maximum Gasteiger partial charge on any atom is 0.251 e. The Kier molecular flexibility index (Phi) is 8.57. The molecule has 0 spiro atoms. The molecule has 162 valence electrons. The van der Waals surface area contributed by atoms with Gasteiger partial charge in [0.1, 0.15) is 0 Å². The first-order chi connectivity index (χ1) is 13.9. The molecular weight excluding hydrogens is 374 g/mol. The van der Waals surface area contributed by atoms with Gasteiger partial charge in [-0.1, -0.05) is 0 Å². The molecule has 0 aromatic heterocycles. The van der Waals surface area contributed by atoms with Gasteiger partial charge in [-0.3, -0.25) is 9.59 Å². The highest BCUT2D eigenvalue weighted by Gasteiger charge is 2.22. The van der Waals surface area contributed by atoms with Crippen LogP contribution in [0.2, 0.25) is 0 Å². The highest BCUT2D eigenvalue weighted by Crippen LogP contribution is 2.38. The van der Waals surface area contributed by atoms with Crippen molar-refractivity contribution in [3.63, 3.8) is 0 Å². The summed E-state index contributed by atoms with van der Waals surface area (Å²) >= 11 is 0. The van der Waals surface area contributed by atoms with E-state index < -0.39 is 0 Å². The van der Waals surface area contributed by atoms with Crippen molar-refractivity contribution in [2.45, 2.75) is 32.7 Å². The van der Waals surface area contributed by atoms with Gasteiger partial charge in [0, 0.05) is 24.7 Å². The van der Waals surface area contributed by atoms with Gasteiger partial charge in [-0.15, -0.1) is 0 Å². The second kappa shape index (κ2) is 10.9. The van der Waals surface area contributed by atoms with Gasteiger partial charge in [-0.2, -0.15) is 0 Å². The number of nitrogens with zero attached hydrogens (tertiary/aromatic N) is 1. The molecule has 2 amide bonds. The molecule has 2 N–H and O–H groups in total. The molecule has 1 heterocycles. The number of piperidine rings is 1. The van der Waals surface area contributed by atoms with E-state index in [2.05, 4.69) is 29.4 Å². The summed E-state index contributed by atoms with van der Waals surface area (Å²) in [5.41, 5.74) is 0.326. The molecule has 1 unspecified atom stereocenters. The Morgan fingerprint density at radius 3 is 2.31 bits per heavy atom. The largest absolute Gasteiger partial charge is 0.493 e. The molecule has 8 nitrogen and oxygen atoms in total. The summed E-state index contributed by atoms with van der Waals surface area (Å²) in [6.07, 6.45) is 2.26. The number of nitrogens with one attached hydrogen (secondary N) is 2. The number of ether oxygens (including phenoxy) is 3. The van der Waals surface area contributed by atoms with Crippen LogP contribution in [0.1, 0.15) is 37.0 Å². The van der Waals surface area contributed by atoms with E-state index >= 15 is 0 Å². The smallest absolute Gasteiger partial charge is 0.251 e. The molecule has 1 aliphatic rings.